The molecule has 0 aliphatic carbocycles. The minimum atomic E-state index is -0.245. The first-order valence-corrected chi connectivity index (χ1v) is 7.52. The Morgan fingerprint density at radius 1 is 0.913 bits per heavy atom. The smallest absolute Gasteiger partial charge is 0.119 e. The maximum Gasteiger partial charge on any atom is 0.119 e. The summed E-state index contributed by atoms with van der Waals surface area (Å²) in [7, 11) is 0. The van der Waals surface area contributed by atoms with Crippen LogP contribution in [0.25, 0.3) is 0 Å². The van der Waals surface area contributed by atoms with E-state index in [1.54, 1.807) is 12.1 Å². The minimum Gasteiger partial charge on any atom is -0.494 e. The highest BCUT2D eigenvalue weighted by Crippen LogP contribution is 2.21. The van der Waals surface area contributed by atoms with Crippen molar-refractivity contribution in [3.05, 3.63) is 59.7 Å². The van der Waals surface area contributed by atoms with E-state index in [9.17, 15) is 5.26 Å². The Labute approximate surface area is 136 Å². The van der Waals surface area contributed by atoms with Crippen LogP contribution in [0.15, 0.2) is 48.5 Å². The van der Waals surface area contributed by atoms with E-state index in [-0.39, 0.29) is 5.92 Å². The summed E-state index contributed by atoms with van der Waals surface area (Å²) in [4.78, 5) is 0. The molecule has 0 N–H and O–H groups in total. The number of hydrogen-bond donors (Lipinski definition) is 0. The number of benzene rings is 2. The van der Waals surface area contributed by atoms with Crippen LogP contribution in [0.4, 0.5) is 0 Å². The third-order valence-corrected chi connectivity index (χ3v) is 3.41. The fourth-order valence-electron chi connectivity index (χ4n) is 2.19. The monoisotopic (exact) mass is 306 g/mol. The first-order chi connectivity index (χ1) is 11.3. The Kier molecular flexibility index (Phi) is 6.03. The van der Waals surface area contributed by atoms with Crippen molar-refractivity contribution >= 4 is 0 Å². The van der Waals surface area contributed by atoms with Crippen LogP contribution in [0.2, 0.25) is 0 Å². The molecule has 4 heteroatoms. The average Bonchev–Trinajstić information content (AvgIpc) is 2.61. The lowest BCUT2D eigenvalue weighted by atomic mass is 9.97. The lowest BCUT2D eigenvalue weighted by Crippen LogP contribution is -2.04. The number of nitrogens with zero attached hydrogens (tertiary/aromatic N) is 2. The van der Waals surface area contributed by atoms with Crippen molar-refractivity contribution in [3.8, 4) is 23.6 Å². The molecule has 0 bridgehead atoms. The second-order valence-electron chi connectivity index (χ2n) is 4.96. The van der Waals surface area contributed by atoms with Gasteiger partial charge in [0, 0.05) is 6.42 Å². The molecule has 2 rings (SSSR count). The third-order valence-electron chi connectivity index (χ3n) is 3.41. The summed E-state index contributed by atoms with van der Waals surface area (Å²) in [6.07, 6.45) is 0.593. The molecular weight excluding hydrogens is 288 g/mol. The van der Waals surface area contributed by atoms with Crippen molar-refractivity contribution in [1.29, 1.82) is 10.5 Å². The molecule has 0 spiro atoms. The molecule has 2 aromatic carbocycles. The predicted molar refractivity (Wildman–Crippen MR) is 87.2 cm³/mol. The van der Waals surface area contributed by atoms with E-state index < -0.39 is 0 Å². The summed E-state index contributed by atoms with van der Waals surface area (Å²) in [5, 5.41) is 18.1. The highest BCUT2D eigenvalue weighted by atomic mass is 16.5. The van der Waals surface area contributed by atoms with Crippen LogP contribution < -0.4 is 9.47 Å². The van der Waals surface area contributed by atoms with Crippen LogP contribution in [0.3, 0.4) is 0 Å². The predicted octanol–water partition coefficient (Wildman–Crippen LogP) is 4.03. The van der Waals surface area contributed by atoms with Gasteiger partial charge in [0.1, 0.15) is 11.5 Å². The zero-order valence-corrected chi connectivity index (χ0v) is 13.0. The van der Waals surface area contributed by atoms with Crippen LogP contribution in [0, 0.1) is 22.7 Å². The molecule has 0 aromatic heterocycles. The third kappa shape index (κ3) is 4.76. The number of nitriles is 2. The molecule has 0 saturated carbocycles. The van der Waals surface area contributed by atoms with Gasteiger partial charge in [0.25, 0.3) is 0 Å². The van der Waals surface area contributed by atoms with E-state index in [2.05, 4.69) is 12.1 Å². The molecule has 0 aliphatic rings. The highest BCUT2D eigenvalue weighted by molar-refractivity contribution is 5.35. The summed E-state index contributed by atoms with van der Waals surface area (Å²) in [5.41, 5.74) is 1.50. The van der Waals surface area contributed by atoms with E-state index in [0.29, 0.717) is 25.2 Å². The number of ether oxygens (including phenoxy) is 2. The SMILES string of the molecule is CCOc1ccc(OCCC(C#N)c2ccc(C#N)cc2)cc1. The second kappa shape index (κ2) is 8.46. The molecule has 0 heterocycles. The lowest BCUT2D eigenvalue weighted by molar-refractivity contribution is 0.304. The van der Waals surface area contributed by atoms with Gasteiger partial charge in [-0.2, -0.15) is 10.5 Å². The second-order valence-corrected chi connectivity index (χ2v) is 4.96. The van der Waals surface area contributed by atoms with Gasteiger partial charge >= 0.3 is 0 Å². The van der Waals surface area contributed by atoms with E-state index >= 15 is 0 Å². The lowest BCUT2D eigenvalue weighted by Gasteiger charge is -2.11. The summed E-state index contributed by atoms with van der Waals surface area (Å²) >= 11 is 0. The Hall–Kier alpha value is -2.98. The number of rotatable bonds is 7. The maximum absolute atomic E-state index is 9.31. The van der Waals surface area contributed by atoms with Crippen molar-refractivity contribution in [2.75, 3.05) is 13.2 Å². The van der Waals surface area contributed by atoms with Gasteiger partial charge in [-0.15, -0.1) is 0 Å². The van der Waals surface area contributed by atoms with Gasteiger partial charge in [0.05, 0.1) is 36.8 Å². The fourth-order valence-corrected chi connectivity index (χ4v) is 2.19. The molecule has 0 aliphatic heterocycles. The molecule has 4 nitrogen and oxygen atoms in total. The van der Waals surface area contributed by atoms with Gasteiger partial charge in [-0.1, -0.05) is 12.1 Å². The van der Waals surface area contributed by atoms with Crippen molar-refractivity contribution in [3.63, 3.8) is 0 Å². The quantitative estimate of drug-likeness (QED) is 0.774. The van der Waals surface area contributed by atoms with E-state index in [0.717, 1.165) is 17.1 Å². The fraction of sp³-hybridized carbons (Fsp3) is 0.263. The average molecular weight is 306 g/mol. The van der Waals surface area contributed by atoms with Crippen molar-refractivity contribution < 1.29 is 9.47 Å². The van der Waals surface area contributed by atoms with Crippen molar-refractivity contribution in [2.45, 2.75) is 19.3 Å². The van der Waals surface area contributed by atoms with Crippen LogP contribution in [-0.2, 0) is 0 Å². The number of hydrogen-bond acceptors (Lipinski definition) is 4. The molecule has 0 saturated heterocycles. The van der Waals surface area contributed by atoms with Gasteiger partial charge in [-0.3, -0.25) is 0 Å². The normalized spacial score (nSPS) is 11.1. The molecule has 1 atom stereocenters. The van der Waals surface area contributed by atoms with Gasteiger partial charge in [-0.25, -0.2) is 0 Å². The Morgan fingerprint density at radius 3 is 2.04 bits per heavy atom. The molecule has 116 valence electrons. The van der Waals surface area contributed by atoms with Gasteiger partial charge in [-0.05, 0) is 48.9 Å². The molecule has 1 unspecified atom stereocenters. The maximum atomic E-state index is 9.31. The zero-order valence-electron chi connectivity index (χ0n) is 13.0. The van der Waals surface area contributed by atoms with E-state index in [1.165, 1.54) is 0 Å². The molecule has 2 aromatic rings. The summed E-state index contributed by atoms with van der Waals surface area (Å²) < 4.78 is 11.1. The minimum absolute atomic E-state index is 0.245. The Bertz CT molecular complexity index is 694. The molecule has 0 fully saturated rings. The Balaban J connectivity index is 1.88. The molecule has 0 amide bonds. The van der Waals surface area contributed by atoms with Crippen molar-refractivity contribution in [1.82, 2.24) is 0 Å². The van der Waals surface area contributed by atoms with Crippen LogP contribution >= 0.6 is 0 Å². The first kappa shape index (κ1) is 16.4. The summed E-state index contributed by atoms with van der Waals surface area (Å²) in [6.45, 7) is 3.02. The van der Waals surface area contributed by atoms with Crippen molar-refractivity contribution in [2.24, 2.45) is 0 Å². The zero-order chi connectivity index (χ0) is 16.5. The largest absolute Gasteiger partial charge is 0.494 e. The van der Waals surface area contributed by atoms with Crippen LogP contribution in [0.5, 0.6) is 11.5 Å². The first-order valence-electron chi connectivity index (χ1n) is 7.52. The van der Waals surface area contributed by atoms with Gasteiger partial charge in [0.15, 0.2) is 0 Å². The van der Waals surface area contributed by atoms with Crippen LogP contribution in [-0.4, -0.2) is 13.2 Å². The highest BCUT2D eigenvalue weighted by Gasteiger charge is 2.11. The molecular formula is C19H18N2O2. The van der Waals surface area contributed by atoms with Crippen LogP contribution in [0.1, 0.15) is 30.4 Å². The van der Waals surface area contributed by atoms with Gasteiger partial charge < -0.3 is 9.47 Å². The van der Waals surface area contributed by atoms with E-state index in [1.807, 2.05) is 43.3 Å². The summed E-state index contributed by atoms with van der Waals surface area (Å²) in [5.74, 6) is 1.32. The summed E-state index contributed by atoms with van der Waals surface area (Å²) in [6, 6.07) is 18.9. The van der Waals surface area contributed by atoms with E-state index in [4.69, 9.17) is 14.7 Å². The molecule has 0 radical (unpaired) electrons. The topological polar surface area (TPSA) is 66.0 Å². The standard InChI is InChI=1S/C19H18N2O2/c1-2-22-18-7-9-19(10-8-18)23-12-11-17(14-21)16-5-3-15(13-20)4-6-16/h3-10,17H,2,11-12H2,1H3. The molecule has 23 heavy (non-hydrogen) atoms. The Morgan fingerprint density at radius 2 is 1.52 bits per heavy atom. The van der Waals surface area contributed by atoms with Gasteiger partial charge in [0.2, 0.25) is 0 Å².